The third-order valence-corrected chi connectivity index (χ3v) is 6.34. The van der Waals surface area contributed by atoms with Gasteiger partial charge in [0, 0.05) is 10.6 Å². The van der Waals surface area contributed by atoms with Crippen molar-refractivity contribution in [1.29, 1.82) is 0 Å². The van der Waals surface area contributed by atoms with Crippen LogP contribution in [0.5, 0.6) is 0 Å². The first kappa shape index (κ1) is 13.9. The van der Waals surface area contributed by atoms with Gasteiger partial charge in [-0.15, -0.1) is 5.73 Å². The Balaban J connectivity index is 2.72. The molecule has 0 amide bonds. The van der Waals surface area contributed by atoms with Gasteiger partial charge < -0.3 is 4.57 Å². The average molecular weight is 289 g/mol. The van der Waals surface area contributed by atoms with Crippen LogP contribution in [0, 0.1) is 0 Å². The topological polar surface area (TPSA) is 17.1 Å². The van der Waals surface area contributed by atoms with Crippen molar-refractivity contribution < 1.29 is 4.57 Å². The Kier molecular flexibility index (Phi) is 4.45. The van der Waals surface area contributed by atoms with Crippen LogP contribution in [0.3, 0.4) is 0 Å². The zero-order chi connectivity index (χ0) is 13.7. The highest BCUT2D eigenvalue weighted by Crippen LogP contribution is 2.53. The number of benzene rings is 2. The summed E-state index contributed by atoms with van der Waals surface area (Å²) in [6, 6.07) is 18.6. The summed E-state index contributed by atoms with van der Waals surface area (Å²) in [5.74, 6) is 0. The maximum atomic E-state index is 13.5. The van der Waals surface area contributed by atoms with Gasteiger partial charge in [-0.25, -0.2) is 0 Å². The van der Waals surface area contributed by atoms with E-state index in [1.807, 2.05) is 67.6 Å². The molecule has 3 heteroatoms. The van der Waals surface area contributed by atoms with Crippen LogP contribution in [0.1, 0.15) is 6.92 Å². The van der Waals surface area contributed by atoms with E-state index < -0.39 is 7.14 Å². The number of hydrogen-bond acceptors (Lipinski definition) is 1. The van der Waals surface area contributed by atoms with Crippen molar-refractivity contribution in [2.24, 2.45) is 0 Å². The van der Waals surface area contributed by atoms with Crippen molar-refractivity contribution in [3.05, 3.63) is 77.2 Å². The van der Waals surface area contributed by atoms with E-state index in [9.17, 15) is 4.57 Å². The second-order valence-corrected chi connectivity index (χ2v) is 7.34. The Labute approximate surface area is 118 Å². The molecule has 0 heterocycles. The minimum atomic E-state index is -2.99. The highest BCUT2D eigenvalue weighted by atomic mass is 35.5. The van der Waals surface area contributed by atoms with Crippen LogP contribution in [0.2, 0.25) is 0 Å². The maximum absolute atomic E-state index is 13.5. The van der Waals surface area contributed by atoms with Gasteiger partial charge in [-0.3, -0.25) is 0 Å². The lowest BCUT2D eigenvalue weighted by Crippen LogP contribution is -2.15. The fourth-order valence-electron chi connectivity index (χ4n) is 1.86. The van der Waals surface area contributed by atoms with E-state index in [-0.39, 0.29) is 4.77 Å². The van der Waals surface area contributed by atoms with E-state index in [0.29, 0.717) is 0 Å². The van der Waals surface area contributed by atoms with Crippen LogP contribution in [0.4, 0.5) is 0 Å². The lowest BCUT2D eigenvalue weighted by molar-refractivity contribution is 0.591. The molecule has 0 bridgehead atoms. The van der Waals surface area contributed by atoms with Gasteiger partial charge >= 0.3 is 0 Å². The highest BCUT2D eigenvalue weighted by molar-refractivity contribution is 7.84. The van der Waals surface area contributed by atoms with E-state index >= 15 is 0 Å². The molecular weight excluding hydrogens is 275 g/mol. The number of allylic oxidation sites excluding steroid dienone is 1. The summed E-state index contributed by atoms with van der Waals surface area (Å²) in [5.41, 5.74) is 2.88. The number of halogens is 1. The Morgan fingerprint density at radius 3 is 1.79 bits per heavy atom. The maximum Gasteiger partial charge on any atom is 0.189 e. The first-order chi connectivity index (χ1) is 9.19. The predicted molar refractivity (Wildman–Crippen MR) is 82.9 cm³/mol. The molecule has 0 saturated heterocycles. The second kappa shape index (κ2) is 6.08. The lowest BCUT2D eigenvalue weighted by atomic mass is 10.4. The molecule has 0 aliphatic rings. The molecule has 0 atom stereocenters. The number of rotatable bonds is 3. The van der Waals surface area contributed by atoms with Gasteiger partial charge in [0.15, 0.2) is 7.14 Å². The van der Waals surface area contributed by atoms with Crippen LogP contribution >= 0.6 is 18.7 Å². The molecule has 0 saturated carbocycles. The Hall–Kier alpha value is -1.52. The molecule has 19 heavy (non-hydrogen) atoms. The fraction of sp³-hybridized carbons (Fsp3) is 0.0625. The minimum Gasteiger partial charge on any atom is -0.307 e. The zero-order valence-corrected chi connectivity index (χ0v) is 12.2. The standard InChI is InChI=1S/C16H14ClOP/c1-2-9-16(17)19(18,14-10-5-3-6-11-14)15-12-7-4-8-13-15/h2-8,10-13H,1H3. The van der Waals surface area contributed by atoms with Crippen LogP contribution in [0.15, 0.2) is 77.2 Å². The van der Waals surface area contributed by atoms with Crippen molar-refractivity contribution in [2.45, 2.75) is 6.92 Å². The monoisotopic (exact) mass is 288 g/mol. The molecule has 0 radical (unpaired) electrons. The van der Waals surface area contributed by atoms with Crippen LogP contribution in [-0.4, -0.2) is 0 Å². The molecule has 2 rings (SSSR count). The molecular formula is C16H14ClOP. The Bertz CT molecular complexity index is 612. The third kappa shape index (κ3) is 2.74. The largest absolute Gasteiger partial charge is 0.307 e. The van der Waals surface area contributed by atoms with Gasteiger partial charge in [-0.1, -0.05) is 72.3 Å². The molecule has 2 aromatic rings. The van der Waals surface area contributed by atoms with Crippen molar-refractivity contribution >= 4 is 29.4 Å². The highest BCUT2D eigenvalue weighted by Gasteiger charge is 2.30. The average Bonchev–Trinajstić information content (AvgIpc) is 2.48. The van der Waals surface area contributed by atoms with E-state index in [1.165, 1.54) is 0 Å². The van der Waals surface area contributed by atoms with Crippen LogP contribution in [-0.2, 0) is 4.57 Å². The molecule has 96 valence electrons. The normalized spacial score (nSPS) is 10.6. The molecule has 0 spiro atoms. The zero-order valence-electron chi connectivity index (χ0n) is 10.6. The smallest absolute Gasteiger partial charge is 0.189 e. The summed E-state index contributed by atoms with van der Waals surface area (Å²) in [6.45, 7) is 1.81. The van der Waals surface area contributed by atoms with Crippen molar-refractivity contribution in [2.75, 3.05) is 0 Å². The minimum absolute atomic E-state index is 0.257. The molecule has 0 fully saturated rings. The van der Waals surface area contributed by atoms with Crippen molar-refractivity contribution in [3.8, 4) is 0 Å². The van der Waals surface area contributed by atoms with E-state index in [2.05, 4.69) is 5.73 Å². The van der Waals surface area contributed by atoms with Gasteiger partial charge in [-0.05, 0) is 13.0 Å². The van der Waals surface area contributed by atoms with Gasteiger partial charge in [0.05, 0.1) is 0 Å². The molecule has 1 nitrogen and oxygen atoms in total. The van der Waals surface area contributed by atoms with Gasteiger partial charge in [0.25, 0.3) is 0 Å². The fourth-order valence-corrected chi connectivity index (χ4v) is 4.80. The van der Waals surface area contributed by atoms with Gasteiger partial charge in [0.1, 0.15) is 4.77 Å². The third-order valence-electron chi connectivity index (χ3n) is 2.78. The Morgan fingerprint density at radius 2 is 1.42 bits per heavy atom. The molecule has 0 aliphatic carbocycles. The summed E-state index contributed by atoms with van der Waals surface area (Å²) < 4.78 is 13.7. The molecule has 0 aromatic heterocycles. The van der Waals surface area contributed by atoms with Crippen molar-refractivity contribution in [3.63, 3.8) is 0 Å². The van der Waals surface area contributed by atoms with Crippen LogP contribution < -0.4 is 10.6 Å². The predicted octanol–water partition coefficient (Wildman–Crippen LogP) is 4.26. The number of hydrogen-bond donors (Lipinski definition) is 0. The lowest BCUT2D eigenvalue weighted by Gasteiger charge is -2.17. The summed E-state index contributed by atoms with van der Waals surface area (Å²) in [5, 5.41) is 1.45. The quantitative estimate of drug-likeness (QED) is 0.609. The first-order valence-corrected chi connectivity index (χ1v) is 8.06. The van der Waals surface area contributed by atoms with Gasteiger partial charge in [-0.2, -0.15) is 0 Å². The summed E-state index contributed by atoms with van der Waals surface area (Å²) in [4.78, 5) is 0. The molecule has 0 unspecified atom stereocenters. The second-order valence-electron chi connectivity index (χ2n) is 4.00. The summed E-state index contributed by atoms with van der Waals surface area (Å²) in [6.07, 6.45) is 1.68. The van der Waals surface area contributed by atoms with Gasteiger partial charge in [0.2, 0.25) is 0 Å². The van der Waals surface area contributed by atoms with Crippen LogP contribution in [0.25, 0.3) is 0 Å². The Morgan fingerprint density at radius 1 is 1.00 bits per heavy atom. The van der Waals surface area contributed by atoms with Crippen molar-refractivity contribution in [1.82, 2.24) is 0 Å². The SMILES string of the molecule is CC=C=C(Cl)P(=O)(c1ccccc1)c1ccccc1. The first-order valence-electron chi connectivity index (χ1n) is 5.98. The molecule has 0 N–H and O–H groups in total. The van der Waals surface area contributed by atoms with E-state index in [1.54, 1.807) is 6.08 Å². The molecule has 2 aromatic carbocycles. The summed E-state index contributed by atoms with van der Waals surface area (Å²) in [7, 11) is -2.99. The van der Waals surface area contributed by atoms with E-state index in [4.69, 9.17) is 11.6 Å². The summed E-state index contributed by atoms with van der Waals surface area (Å²) >= 11 is 6.27. The van der Waals surface area contributed by atoms with E-state index in [0.717, 1.165) is 10.6 Å². The molecule has 0 aliphatic heterocycles.